The molecule has 1 unspecified atom stereocenters. The van der Waals surface area contributed by atoms with Crippen LogP contribution in [0.25, 0.3) is 0 Å². The van der Waals surface area contributed by atoms with Crippen LogP contribution in [0.1, 0.15) is 6.42 Å². The second-order valence-electron chi connectivity index (χ2n) is 7.84. The molecule has 0 spiro atoms. The summed E-state index contributed by atoms with van der Waals surface area (Å²) >= 11 is 0. The van der Waals surface area contributed by atoms with Crippen molar-refractivity contribution in [2.24, 2.45) is 5.92 Å². The molecule has 1 aromatic heterocycles. The molecule has 0 N–H and O–H groups in total. The molecule has 4 rings (SSSR count). The SMILES string of the molecule is CN(C)c1ccc(N2CCN(C(=O)C3CC(=O)N(c4ccc(F)cc4)C3)CC2)nn1. The number of halogens is 1. The maximum atomic E-state index is 13.1. The van der Waals surface area contributed by atoms with Crippen LogP contribution in [0.4, 0.5) is 21.7 Å². The Bertz CT molecular complexity index is 910. The Balaban J connectivity index is 1.34. The molecular formula is C21H25FN6O2. The normalized spacial score (nSPS) is 19.4. The van der Waals surface area contributed by atoms with Gasteiger partial charge in [-0.05, 0) is 36.4 Å². The smallest absolute Gasteiger partial charge is 0.228 e. The summed E-state index contributed by atoms with van der Waals surface area (Å²) in [4.78, 5) is 32.8. The van der Waals surface area contributed by atoms with Crippen LogP contribution in [-0.4, -0.2) is 73.7 Å². The molecule has 1 aromatic carbocycles. The second kappa shape index (κ2) is 8.25. The van der Waals surface area contributed by atoms with E-state index in [1.54, 1.807) is 17.0 Å². The van der Waals surface area contributed by atoms with E-state index in [9.17, 15) is 14.0 Å². The fourth-order valence-electron chi connectivity index (χ4n) is 3.88. The van der Waals surface area contributed by atoms with Crippen molar-refractivity contribution >= 4 is 29.1 Å². The standard InChI is InChI=1S/C21H25FN6O2/c1-25(2)18-7-8-19(24-23-18)26-9-11-27(12-10-26)21(30)15-13-20(29)28(14-15)17-5-3-16(22)4-6-17/h3-8,15H,9-14H2,1-2H3. The Morgan fingerprint density at radius 1 is 1.03 bits per heavy atom. The molecule has 0 saturated carbocycles. The zero-order valence-electron chi connectivity index (χ0n) is 17.2. The minimum Gasteiger partial charge on any atom is -0.361 e. The maximum Gasteiger partial charge on any atom is 0.228 e. The number of hydrogen-bond donors (Lipinski definition) is 0. The average Bonchev–Trinajstić information content (AvgIpc) is 3.15. The molecule has 9 heteroatoms. The Morgan fingerprint density at radius 2 is 1.73 bits per heavy atom. The molecule has 2 saturated heterocycles. The third kappa shape index (κ3) is 4.05. The summed E-state index contributed by atoms with van der Waals surface area (Å²) < 4.78 is 13.1. The highest BCUT2D eigenvalue weighted by Gasteiger charge is 2.38. The molecule has 3 heterocycles. The van der Waals surface area contributed by atoms with Crippen molar-refractivity contribution in [3.8, 4) is 0 Å². The molecule has 1 atom stereocenters. The lowest BCUT2D eigenvalue weighted by atomic mass is 10.1. The number of piperazine rings is 1. The van der Waals surface area contributed by atoms with Crippen LogP contribution < -0.4 is 14.7 Å². The zero-order valence-corrected chi connectivity index (χ0v) is 17.2. The summed E-state index contributed by atoms with van der Waals surface area (Å²) in [7, 11) is 3.83. The highest BCUT2D eigenvalue weighted by molar-refractivity contribution is 6.00. The third-order valence-corrected chi connectivity index (χ3v) is 5.62. The van der Waals surface area contributed by atoms with Gasteiger partial charge in [0.05, 0.1) is 5.92 Å². The van der Waals surface area contributed by atoms with Crippen LogP contribution >= 0.6 is 0 Å². The van der Waals surface area contributed by atoms with Gasteiger partial charge in [0.25, 0.3) is 0 Å². The molecule has 8 nitrogen and oxygen atoms in total. The van der Waals surface area contributed by atoms with Crippen molar-refractivity contribution < 1.29 is 14.0 Å². The largest absolute Gasteiger partial charge is 0.361 e. The van der Waals surface area contributed by atoms with Crippen LogP contribution in [0, 0.1) is 11.7 Å². The average molecular weight is 412 g/mol. The number of anilines is 3. The van der Waals surface area contributed by atoms with Gasteiger partial charge in [0.1, 0.15) is 5.82 Å². The van der Waals surface area contributed by atoms with E-state index in [1.165, 1.54) is 12.1 Å². The van der Waals surface area contributed by atoms with Crippen LogP contribution in [0.3, 0.4) is 0 Å². The van der Waals surface area contributed by atoms with Crippen LogP contribution in [0.15, 0.2) is 36.4 Å². The number of rotatable bonds is 4. The number of nitrogens with zero attached hydrogens (tertiary/aromatic N) is 6. The van der Waals surface area contributed by atoms with E-state index in [0.717, 1.165) is 11.6 Å². The summed E-state index contributed by atoms with van der Waals surface area (Å²) in [6.07, 6.45) is 0.188. The van der Waals surface area contributed by atoms with Crippen molar-refractivity contribution in [2.45, 2.75) is 6.42 Å². The second-order valence-corrected chi connectivity index (χ2v) is 7.84. The number of hydrogen-bond acceptors (Lipinski definition) is 6. The van der Waals surface area contributed by atoms with Crippen molar-refractivity contribution in [3.63, 3.8) is 0 Å². The topological polar surface area (TPSA) is 72.9 Å². The fraction of sp³-hybridized carbons (Fsp3) is 0.429. The molecule has 2 aliphatic heterocycles. The predicted octanol–water partition coefficient (Wildman–Crippen LogP) is 1.38. The van der Waals surface area contributed by atoms with Gasteiger partial charge >= 0.3 is 0 Å². The molecule has 2 amide bonds. The first-order chi connectivity index (χ1) is 14.4. The van der Waals surface area contributed by atoms with Gasteiger partial charge in [0.2, 0.25) is 11.8 Å². The van der Waals surface area contributed by atoms with Gasteiger partial charge in [0, 0.05) is 58.9 Å². The molecule has 0 radical (unpaired) electrons. The quantitative estimate of drug-likeness (QED) is 0.756. The molecule has 0 bridgehead atoms. The fourth-order valence-corrected chi connectivity index (χ4v) is 3.88. The number of carbonyl (C=O) groups is 2. The Labute approximate surface area is 174 Å². The molecule has 2 fully saturated rings. The van der Waals surface area contributed by atoms with E-state index in [-0.39, 0.29) is 30.0 Å². The van der Waals surface area contributed by atoms with Gasteiger partial charge in [-0.15, -0.1) is 10.2 Å². The summed E-state index contributed by atoms with van der Waals surface area (Å²) in [6, 6.07) is 9.66. The molecule has 2 aliphatic rings. The third-order valence-electron chi connectivity index (χ3n) is 5.62. The lowest BCUT2D eigenvalue weighted by molar-refractivity contribution is -0.136. The zero-order chi connectivity index (χ0) is 21.3. The van der Waals surface area contributed by atoms with Gasteiger partial charge in [-0.2, -0.15) is 0 Å². The van der Waals surface area contributed by atoms with Crippen molar-refractivity contribution in [2.75, 3.05) is 61.5 Å². The van der Waals surface area contributed by atoms with Crippen molar-refractivity contribution in [3.05, 3.63) is 42.2 Å². The summed E-state index contributed by atoms with van der Waals surface area (Å²) in [5.41, 5.74) is 0.626. The molecular weight excluding hydrogens is 387 g/mol. The first-order valence-corrected chi connectivity index (χ1v) is 10.0. The Kier molecular flexibility index (Phi) is 5.52. The Morgan fingerprint density at radius 3 is 2.33 bits per heavy atom. The van der Waals surface area contributed by atoms with Crippen LogP contribution in [0.5, 0.6) is 0 Å². The number of aromatic nitrogens is 2. The predicted molar refractivity (Wildman–Crippen MR) is 112 cm³/mol. The van der Waals surface area contributed by atoms with Crippen molar-refractivity contribution in [1.29, 1.82) is 0 Å². The Hall–Kier alpha value is -3.23. The van der Waals surface area contributed by atoms with Gasteiger partial charge in [0.15, 0.2) is 11.6 Å². The molecule has 2 aromatic rings. The van der Waals surface area contributed by atoms with Crippen LogP contribution in [-0.2, 0) is 9.59 Å². The van der Waals surface area contributed by atoms with Crippen molar-refractivity contribution in [1.82, 2.24) is 15.1 Å². The minimum atomic E-state index is -0.367. The van der Waals surface area contributed by atoms with E-state index >= 15 is 0 Å². The monoisotopic (exact) mass is 412 g/mol. The summed E-state index contributed by atoms with van der Waals surface area (Å²) in [5.74, 6) is 0.775. The minimum absolute atomic E-state index is 0.00153. The maximum absolute atomic E-state index is 13.1. The number of carbonyl (C=O) groups excluding carboxylic acids is 2. The van der Waals surface area contributed by atoms with E-state index < -0.39 is 0 Å². The summed E-state index contributed by atoms with van der Waals surface area (Å²) in [5, 5.41) is 8.49. The summed E-state index contributed by atoms with van der Waals surface area (Å²) in [6.45, 7) is 2.84. The number of amides is 2. The highest BCUT2D eigenvalue weighted by Crippen LogP contribution is 2.27. The molecule has 0 aliphatic carbocycles. The van der Waals surface area contributed by atoms with Gasteiger partial charge < -0.3 is 19.6 Å². The number of benzene rings is 1. The lowest BCUT2D eigenvalue weighted by Gasteiger charge is -2.36. The van der Waals surface area contributed by atoms with E-state index in [0.29, 0.717) is 38.4 Å². The van der Waals surface area contributed by atoms with E-state index in [4.69, 9.17) is 0 Å². The first-order valence-electron chi connectivity index (χ1n) is 10.0. The molecule has 158 valence electrons. The highest BCUT2D eigenvalue weighted by atomic mass is 19.1. The molecule has 30 heavy (non-hydrogen) atoms. The van der Waals surface area contributed by atoms with Crippen LogP contribution in [0.2, 0.25) is 0 Å². The van der Waals surface area contributed by atoms with E-state index in [2.05, 4.69) is 15.1 Å². The van der Waals surface area contributed by atoms with Gasteiger partial charge in [-0.3, -0.25) is 9.59 Å². The first kappa shape index (κ1) is 20.1. The van der Waals surface area contributed by atoms with Gasteiger partial charge in [-0.1, -0.05) is 0 Å². The lowest BCUT2D eigenvalue weighted by Crippen LogP contribution is -2.51. The van der Waals surface area contributed by atoms with Gasteiger partial charge in [-0.25, -0.2) is 4.39 Å². The van der Waals surface area contributed by atoms with E-state index in [1.807, 2.05) is 36.0 Å².